The van der Waals surface area contributed by atoms with Gasteiger partial charge in [0.05, 0.1) is 5.75 Å². The molecule has 3 rings (SSSR count). The number of carbonyl (C=O) groups excluding carboxylic acids is 1. The van der Waals surface area contributed by atoms with E-state index in [2.05, 4.69) is 17.1 Å². The van der Waals surface area contributed by atoms with Gasteiger partial charge in [0.15, 0.2) is 5.82 Å². The van der Waals surface area contributed by atoms with Crippen LogP contribution in [0, 0.1) is 0 Å². The molecule has 0 bridgehead atoms. The summed E-state index contributed by atoms with van der Waals surface area (Å²) in [5, 5.41) is 9.34. The van der Waals surface area contributed by atoms with E-state index in [9.17, 15) is 4.79 Å². The third-order valence-corrected chi connectivity index (χ3v) is 5.36. The highest BCUT2D eigenvalue weighted by molar-refractivity contribution is 7.99. The molecule has 1 aliphatic rings. The topological polar surface area (TPSA) is 77.0 Å². The van der Waals surface area contributed by atoms with Gasteiger partial charge in [-0.2, -0.15) is 0 Å². The van der Waals surface area contributed by atoms with Crippen LogP contribution < -0.4 is 5.84 Å². The average molecular weight is 366 g/mol. The van der Waals surface area contributed by atoms with Crippen molar-refractivity contribution in [2.24, 2.45) is 0 Å². The lowest BCUT2D eigenvalue weighted by Gasteiger charge is -2.33. The second-order valence-corrected chi connectivity index (χ2v) is 7.29. The molecule has 0 radical (unpaired) electrons. The number of piperidine rings is 1. The van der Waals surface area contributed by atoms with Crippen LogP contribution in [0.1, 0.15) is 26.2 Å². The molecule has 1 fully saturated rings. The predicted molar refractivity (Wildman–Crippen MR) is 96.4 cm³/mol. The van der Waals surface area contributed by atoms with E-state index in [0.717, 1.165) is 24.9 Å². The molecule has 1 aromatic heterocycles. The standard InChI is InChI=1S/C16H20ClN5OS/c1-11-5-2-3-8-21(11)14(23)10-24-16-20-19-15(22(16)18)12-6-4-7-13(17)9-12/h4,6-7,9,11H,2-3,5,8,10,18H2,1H3/t11-/m1/s1. The number of benzene rings is 1. The third kappa shape index (κ3) is 3.67. The molecule has 8 heteroatoms. The molecule has 1 aromatic carbocycles. The number of hydrogen-bond donors (Lipinski definition) is 1. The molecule has 1 amide bonds. The molecule has 6 nitrogen and oxygen atoms in total. The van der Waals surface area contributed by atoms with Gasteiger partial charge in [0, 0.05) is 23.2 Å². The van der Waals surface area contributed by atoms with E-state index in [1.54, 1.807) is 12.1 Å². The number of nitrogen functional groups attached to an aromatic ring is 1. The SMILES string of the molecule is C[C@@H]1CCCCN1C(=O)CSc1nnc(-c2cccc(Cl)c2)n1N. The largest absolute Gasteiger partial charge is 0.339 e. The van der Waals surface area contributed by atoms with Gasteiger partial charge in [0.1, 0.15) is 0 Å². The van der Waals surface area contributed by atoms with E-state index in [0.29, 0.717) is 27.8 Å². The monoisotopic (exact) mass is 365 g/mol. The fourth-order valence-electron chi connectivity index (χ4n) is 2.88. The van der Waals surface area contributed by atoms with Gasteiger partial charge >= 0.3 is 0 Å². The van der Waals surface area contributed by atoms with Crippen molar-refractivity contribution in [2.75, 3.05) is 18.1 Å². The zero-order valence-corrected chi connectivity index (χ0v) is 15.1. The summed E-state index contributed by atoms with van der Waals surface area (Å²) < 4.78 is 1.41. The maximum Gasteiger partial charge on any atom is 0.233 e. The van der Waals surface area contributed by atoms with Gasteiger partial charge in [-0.15, -0.1) is 10.2 Å². The Kier molecular flexibility index (Phi) is 5.30. The lowest BCUT2D eigenvalue weighted by Crippen LogP contribution is -2.43. The van der Waals surface area contributed by atoms with Crippen LogP contribution in [0.2, 0.25) is 5.02 Å². The van der Waals surface area contributed by atoms with Crippen LogP contribution in [0.15, 0.2) is 29.4 Å². The van der Waals surface area contributed by atoms with Crippen molar-refractivity contribution in [3.8, 4) is 11.4 Å². The first kappa shape index (κ1) is 17.1. The highest BCUT2D eigenvalue weighted by Gasteiger charge is 2.24. The predicted octanol–water partition coefficient (Wildman–Crippen LogP) is 2.81. The first-order valence-electron chi connectivity index (χ1n) is 7.95. The van der Waals surface area contributed by atoms with E-state index in [1.807, 2.05) is 17.0 Å². The number of rotatable bonds is 4. The Hall–Kier alpha value is -1.73. The molecule has 0 spiro atoms. The summed E-state index contributed by atoms with van der Waals surface area (Å²) >= 11 is 7.31. The van der Waals surface area contributed by atoms with Gasteiger partial charge < -0.3 is 10.7 Å². The number of amides is 1. The molecule has 0 unspecified atom stereocenters. The number of nitrogens with two attached hydrogens (primary N) is 1. The highest BCUT2D eigenvalue weighted by atomic mass is 35.5. The van der Waals surface area contributed by atoms with Crippen molar-refractivity contribution in [3.05, 3.63) is 29.3 Å². The second kappa shape index (κ2) is 7.44. The molecule has 1 atom stereocenters. The molecular weight excluding hydrogens is 346 g/mol. The van der Waals surface area contributed by atoms with Gasteiger partial charge in [-0.3, -0.25) is 4.79 Å². The molecule has 1 aliphatic heterocycles. The number of hydrogen-bond acceptors (Lipinski definition) is 5. The molecule has 24 heavy (non-hydrogen) atoms. The summed E-state index contributed by atoms with van der Waals surface area (Å²) in [6.45, 7) is 2.94. The third-order valence-electron chi connectivity index (χ3n) is 4.20. The zero-order valence-electron chi connectivity index (χ0n) is 13.5. The molecule has 0 aliphatic carbocycles. The highest BCUT2D eigenvalue weighted by Crippen LogP contribution is 2.25. The van der Waals surface area contributed by atoms with E-state index in [1.165, 1.54) is 22.9 Å². The quantitative estimate of drug-likeness (QED) is 0.666. The van der Waals surface area contributed by atoms with Crippen LogP contribution in [0.3, 0.4) is 0 Å². The number of aromatic nitrogens is 3. The summed E-state index contributed by atoms with van der Waals surface area (Å²) in [7, 11) is 0. The van der Waals surface area contributed by atoms with Crippen molar-refractivity contribution in [1.29, 1.82) is 0 Å². The fraction of sp³-hybridized carbons (Fsp3) is 0.438. The van der Waals surface area contributed by atoms with Crippen LogP contribution >= 0.6 is 23.4 Å². The molecular formula is C16H20ClN5OS. The van der Waals surface area contributed by atoms with Gasteiger partial charge in [-0.05, 0) is 38.3 Å². The lowest BCUT2D eigenvalue weighted by molar-refractivity contribution is -0.131. The summed E-state index contributed by atoms with van der Waals surface area (Å²) in [6.07, 6.45) is 3.34. The number of likely N-dealkylation sites (tertiary alicyclic amines) is 1. The molecule has 1 saturated heterocycles. The van der Waals surface area contributed by atoms with Gasteiger partial charge in [0.25, 0.3) is 0 Å². The van der Waals surface area contributed by atoms with Crippen LogP contribution in [0.25, 0.3) is 11.4 Å². The Morgan fingerprint density at radius 3 is 3.00 bits per heavy atom. The normalized spacial score (nSPS) is 17.9. The summed E-state index contributed by atoms with van der Waals surface area (Å²) in [5.74, 6) is 7.05. The summed E-state index contributed by atoms with van der Waals surface area (Å²) in [4.78, 5) is 14.4. The molecule has 2 heterocycles. The number of carbonyl (C=O) groups is 1. The van der Waals surface area contributed by atoms with E-state index in [-0.39, 0.29) is 5.91 Å². The average Bonchev–Trinajstić information content (AvgIpc) is 2.94. The zero-order chi connectivity index (χ0) is 17.1. The minimum absolute atomic E-state index is 0.125. The minimum Gasteiger partial charge on any atom is -0.339 e. The Balaban J connectivity index is 1.67. The fourth-order valence-corrected chi connectivity index (χ4v) is 3.81. The van der Waals surface area contributed by atoms with Crippen molar-refractivity contribution < 1.29 is 4.79 Å². The first-order chi connectivity index (χ1) is 11.6. The smallest absolute Gasteiger partial charge is 0.233 e. The molecule has 0 saturated carbocycles. The van der Waals surface area contributed by atoms with E-state index in [4.69, 9.17) is 17.4 Å². The van der Waals surface area contributed by atoms with Crippen molar-refractivity contribution in [3.63, 3.8) is 0 Å². The summed E-state index contributed by atoms with van der Waals surface area (Å²) in [6, 6.07) is 7.58. The second-order valence-electron chi connectivity index (χ2n) is 5.91. The van der Waals surface area contributed by atoms with E-state index < -0.39 is 0 Å². The van der Waals surface area contributed by atoms with Crippen molar-refractivity contribution in [2.45, 2.75) is 37.4 Å². The van der Waals surface area contributed by atoms with E-state index >= 15 is 0 Å². The van der Waals surface area contributed by atoms with Gasteiger partial charge in [-0.25, -0.2) is 4.68 Å². The Labute approximate surface area is 150 Å². The number of thioether (sulfide) groups is 1. The van der Waals surface area contributed by atoms with Crippen molar-refractivity contribution >= 4 is 29.3 Å². The number of nitrogens with zero attached hydrogens (tertiary/aromatic N) is 4. The molecule has 128 valence electrons. The van der Waals surface area contributed by atoms with Crippen LogP contribution in [0.4, 0.5) is 0 Å². The first-order valence-corrected chi connectivity index (χ1v) is 9.31. The van der Waals surface area contributed by atoms with Crippen LogP contribution in [-0.4, -0.2) is 44.0 Å². The van der Waals surface area contributed by atoms with Gasteiger partial charge in [0.2, 0.25) is 11.1 Å². The van der Waals surface area contributed by atoms with Crippen LogP contribution in [-0.2, 0) is 4.79 Å². The van der Waals surface area contributed by atoms with Gasteiger partial charge in [-0.1, -0.05) is 35.5 Å². The maximum absolute atomic E-state index is 12.4. The summed E-state index contributed by atoms with van der Waals surface area (Å²) in [5.41, 5.74) is 0.792. The number of halogens is 1. The minimum atomic E-state index is 0.125. The molecule has 2 N–H and O–H groups in total. The lowest BCUT2D eigenvalue weighted by atomic mass is 10.0. The van der Waals surface area contributed by atoms with Crippen molar-refractivity contribution in [1.82, 2.24) is 19.8 Å². The Morgan fingerprint density at radius 2 is 2.25 bits per heavy atom. The Morgan fingerprint density at radius 1 is 1.42 bits per heavy atom. The maximum atomic E-state index is 12.4. The molecule has 2 aromatic rings. The Bertz CT molecular complexity index is 735. The van der Waals surface area contributed by atoms with Crippen LogP contribution in [0.5, 0.6) is 0 Å².